The fourth-order valence-electron chi connectivity index (χ4n) is 3.50. The highest BCUT2D eigenvalue weighted by Gasteiger charge is 2.35. The van der Waals surface area contributed by atoms with Crippen molar-refractivity contribution in [3.8, 4) is 6.19 Å². The van der Waals surface area contributed by atoms with Gasteiger partial charge in [0.05, 0.1) is 0 Å². The Morgan fingerprint density at radius 3 is 2.91 bits per heavy atom. The number of carbonyl (C=O) groups is 1. The highest BCUT2D eigenvalue weighted by Crippen LogP contribution is 2.40. The Morgan fingerprint density at radius 1 is 1.41 bits per heavy atom. The average Bonchev–Trinajstić information content (AvgIpc) is 2.91. The van der Waals surface area contributed by atoms with E-state index in [0.29, 0.717) is 11.8 Å². The van der Waals surface area contributed by atoms with E-state index in [0.717, 1.165) is 18.0 Å². The number of nitrogens with zero attached hydrogens (tertiary/aromatic N) is 2. The summed E-state index contributed by atoms with van der Waals surface area (Å²) >= 11 is 1.62. The maximum absolute atomic E-state index is 12.1. The van der Waals surface area contributed by atoms with Gasteiger partial charge in [0.15, 0.2) is 11.3 Å². The van der Waals surface area contributed by atoms with Gasteiger partial charge in [-0.25, -0.2) is 4.98 Å². The lowest BCUT2D eigenvalue weighted by atomic mass is 9.80. The van der Waals surface area contributed by atoms with Crippen molar-refractivity contribution < 1.29 is 4.79 Å². The van der Waals surface area contributed by atoms with Crippen molar-refractivity contribution in [2.24, 2.45) is 11.8 Å². The number of amides is 1. The number of nitriles is 1. The molecule has 0 radical (unpaired) electrons. The van der Waals surface area contributed by atoms with Crippen LogP contribution in [-0.2, 0) is 4.79 Å². The van der Waals surface area contributed by atoms with Gasteiger partial charge in [0.1, 0.15) is 0 Å². The van der Waals surface area contributed by atoms with E-state index in [-0.39, 0.29) is 17.9 Å². The molecule has 0 unspecified atom stereocenters. The molecule has 1 heterocycles. The van der Waals surface area contributed by atoms with Crippen molar-refractivity contribution in [3.63, 3.8) is 0 Å². The Morgan fingerprint density at radius 2 is 2.18 bits per heavy atom. The topological polar surface area (TPSA) is 77.8 Å². The van der Waals surface area contributed by atoms with E-state index in [9.17, 15) is 4.79 Å². The lowest BCUT2D eigenvalue weighted by Crippen LogP contribution is -2.44. The first-order valence-electron chi connectivity index (χ1n) is 8.08. The van der Waals surface area contributed by atoms with Gasteiger partial charge < -0.3 is 10.6 Å². The highest BCUT2D eigenvalue weighted by atomic mass is 32.1. The minimum absolute atomic E-state index is 0.00630. The fraction of sp³-hybridized carbons (Fsp3) is 0.688. The van der Waals surface area contributed by atoms with E-state index >= 15 is 0 Å². The van der Waals surface area contributed by atoms with Crippen LogP contribution in [-0.4, -0.2) is 16.9 Å². The van der Waals surface area contributed by atoms with Gasteiger partial charge in [-0.05, 0) is 31.1 Å². The zero-order chi connectivity index (χ0) is 15.5. The standard InChI is InChI=1S/C16H22N4OS/c1-10-4-2-3-5-13(10)14-8-18-16(22-14)20-15(21)11-6-12(7-11)19-9-17/h8,10-13,19H,2-7H2,1H3,(H,18,20,21)/t10-,11?,12?,13+/m0/s1. The van der Waals surface area contributed by atoms with Crippen LogP contribution < -0.4 is 10.6 Å². The van der Waals surface area contributed by atoms with Crippen molar-refractivity contribution in [2.75, 3.05) is 5.32 Å². The fourth-order valence-corrected chi connectivity index (χ4v) is 4.59. The second-order valence-electron chi connectivity index (χ2n) is 6.55. The average molecular weight is 318 g/mol. The van der Waals surface area contributed by atoms with Gasteiger partial charge in [0.2, 0.25) is 5.91 Å². The van der Waals surface area contributed by atoms with Gasteiger partial charge in [-0.2, -0.15) is 5.26 Å². The molecule has 3 rings (SSSR count). The van der Waals surface area contributed by atoms with E-state index in [1.807, 2.05) is 12.4 Å². The van der Waals surface area contributed by atoms with Crippen LogP contribution in [0.2, 0.25) is 0 Å². The third-order valence-electron chi connectivity index (χ3n) is 5.01. The van der Waals surface area contributed by atoms with Crippen molar-refractivity contribution in [1.82, 2.24) is 10.3 Å². The Kier molecular flexibility index (Phi) is 4.63. The van der Waals surface area contributed by atoms with Crippen LogP contribution in [0.5, 0.6) is 0 Å². The molecular formula is C16H22N4OS. The van der Waals surface area contributed by atoms with E-state index in [1.54, 1.807) is 11.3 Å². The smallest absolute Gasteiger partial charge is 0.229 e. The first kappa shape index (κ1) is 15.3. The lowest BCUT2D eigenvalue weighted by Gasteiger charge is -2.32. The van der Waals surface area contributed by atoms with Gasteiger partial charge in [-0.3, -0.25) is 4.79 Å². The molecule has 0 spiro atoms. The van der Waals surface area contributed by atoms with Crippen LogP contribution in [0.4, 0.5) is 5.13 Å². The van der Waals surface area contributed by atoms with Gasteiger partial charge in [-0.15, -0.1) is 11.3 Å². The number of nitrogens with one attached hydrogen (secondary N) is 2. The third kappa shape index (κ3) is 3.25. The summed E-state index contributed by atoms with van der Waals surface area (Å²) in [6, 6.07) is 0.163. The minimum atomic E-state index is 0.00630. The minimum Gasteiger partial charge on any atom is -0.321 e. The predicted octanol–water partition coefficient (Wildman–Crippen LogP) is 3.22. The summed E-state index contributed by atoms with van der Waals surface area (Å²) in [5, 5.41) is 14.9. The molecule has 0 aromatic carbocycles. The summed E-state index contributed by atoms with van der Waals surface area (Å²) in [4.78, 5) is 17.8. The van der Waals surface area contributed by atoms with Crippen LogP contribution >= 0.6 is 11.3 Å². The normalized spacial score (nSPS) is 30.9. The first-order valence-corrected chi connectivity index (χ1v) is 8.90. The van der Waals surface area contributed by atoms with Crippen LogP contribution in [0.3, 0.4) is 0 Å². The predicted molar refractivity (Wildman–Crippen MR) is 86.4 cm³/mol. The second-order valence-corrected chi connectivity index (χ2v) is 7.61. The highest BCUT2D eigenvalue weighted by molar-refractivity contribution is 7.15. The van der Waals surface area contributed by atoms with Crippen molar-refractivity contribution in [1.29, 1.82) is 5.26 Å². The Bertz CT molecular complexity index is 573. The maximum Gasteiger partial charge on any atom is 0.229 e. The number of hydrogen-bond acceptors (Lipinski definition) is 5. The van der Waals surface area contributed by atoms with E-state index < -0.39 is 0 Å². The summed E-state index contributed by atoms with van der Waals surface area (Å²) in [5.41, 5.74) is 0. The Labute approximate surface area is 135 Å². The number of hydrogen-bond donors (Lipinski definition) is 2. The number of anilines is 1. The molecule has 2 aliphatic carbocycles. The largest absolute Gasteiger partial charge is 0.321 e. The van der Waals surface area contributed by atoms with Gasteiger partial charge in [0.25, 0.3) is 0 Å². The quantitative estimate of drug-likeness (QED) is 0.660. The Balaban J connectivity index is 1.54. The van der Waals surface area contributed by atoms with Crippen molar-refractivity contribution in [2.45, 2.75) is 57.4 Å². The van der Waals surface area contributed by atoms with Crippen LogP contribution in [0, 0.1) is 23.3 Å². The molecule has 2 saturated carbocycles. The van der Waals surface area contributed by atoms with Gasteiger partial charge in [-0.1, -0.05) is 26.2 Å². The monoisotopic (exact) mass is 318 g/mol. The van der Waals surface area contributed by atoms with Crippen molar-refractivity contribution >= 4 is 22.4 Å². The molecule has 2 N–H and O–H groups in total. The number of rotatable bonds is 4. The zero-order valence-corrected chi connectivity index (χ0v) is 13.7. The van der Waals surface area contributed by atoms with Crippen molar-refractivity contribution in [3.05, 3.63) is 11.1 Å². The molecule has 5 nitrogen and oxygen atoms in total. The summed E-state index contributed by atoms with van der Waals surface area (Å²) in [6.45, 7) is 2.32. The molecule has 6 heteroatoms. The van der Waals surface area contributed by atoms with Crippen LogP contribution in [0.25, 0.3) is 0 Å². The third-order valence-corrected chi connectivity index (χ3v) is 6.05. The first-order chi connectivity index (χ1) is 10.7. The SMILES string of the molecule is C[C@H]1CCCC[C@H]1c1cnc(NC(=O)C2CC(NC#N)C2)s1. The molecule has 2 atom stereocenters. The lowest BCUT2D eigenvalue weighted by molar-refractivity contribution is -0.122. The molecule has 1 amide bonds. The molecule has 2 aliphatic rings. The molecule has 0 saturated heterocycles. The molecule has 2 fully saturated rings. The Hall–Kier alpha value is -1.61. The number of thiazole rings is 1. The second kappa shape index (κ2) is 6.66. The van der Waals surface area contributed by atoms with Gasteiger partial charge >= 0.3 is 0 Å². The van der Waals surface area contributed by atoms with Gasteiger partial charge in [0, 0.05) is 23.0 Å². The molecular weight excluding hydrogens is 296 g/mol. The molecule has 0 bridgehead atoms. The molecule has 1 aromatic rings. The molecule has 1 aromatic heterocycles. The molecule has 22 heavy (non-hydrogen) atoms. The summed E-state index contributed by atoms with van der Waals surface area (Å²) < 4.78 is 0. The zero-order valence-electron chi connectivity index (χ0n) is 12.8. The van der Waals surface area contributed by atoms with Crippen LogP contribution in [0.1, 0.15) is 56.2 Å². The van der Waals surface area contributed by atoms with E-state index in [1.165, 1.54) is 30.6 Å². The molecule has 118 valence electrons. The summed E-state index contributed by atoms with van der Waals surface area (Å²) in [7, 11) is 0. The van der Waals surface area contributed by atoms with Crippen LogP contribution in [0.15, 0.2) is 6.20 Å². The van der Waals surface area contributed by atoms with E-state index in [2.05, 4.69) is 22.5 Å². The molecule has 0 aliphatic heterocycles. The van der Waals surface area contributed by atoms with E-state index in [4.69, 9.17) is 5.26 Å². The number of carbonyl (C=O) groups excluding carboxylic acids is 1. The number of aromatic nitrogens is 1. The maximum atomic E-state index is 12.1. The summed E-state index contributed by atoms with van der Waals surface area (Å²) in [6.07, 6.45) is 10.5. The summed E-state index contributed by atoms with van der Waals surface area (Å²) in [5.74, 6) is 1.35.